The predicted molar refractivity (Wildman–Crippen MR) is 7.84 cm³/mol. The summed E-state index contributed by atoms with van der Waals surface area (Å²) in [5, 5.41) is 0. The molecule has 0 saturated carbocycles. The molecule has 0 N–H and O–H groups in total. The number of hydrogen-bond acceptors (Lipinski definition) is 1. The van der Waals surface area contributed by atoms with E-state index in [1.807, 2.05) is 0 Å². The molecule has 0 bridgehead atoms. The Morgan fingerprint density at radius 2 is 1.25 bits per heavy atom. The van der Waals surface area contributed by atoms with Gasteiger partial charge in [0.25, 0.3) is 0 Å². The first-order valence-electron chi connectivity index (χ1n) is 0.289. The molecule has 0 aromatic rings. The van der Waals surface area contributed by atoms with Crippen LogP contribution in [-0.4, -0.2) is 24.4 Å². The fraction of sp³-hybridized carbons (Fsp3) is 0. The Hall–Kier alpha value is 2.51. The fourth-order valence-corrected chi connectivity index (χ4v) is 0. The predicted octanol–water partition coefficient (Wildman–Crippen LogP) is -0.772. The molecule has 0 aliphatic rings. The van der Waals surface area contributed by atoms with Crippen molar-refractivity contribution in [3.63, 3.8) is 0 Å². The van der Waals surface area contributed by atoms with E-state index in [4.69, 9.17) is 2.85 Å². The molecule has 0 spiro atoms. The molecule has 0 saturated heterocycles. The first-order chi connectivity index (χ1) is 1.00. The van der Waals surface area contributed by atoms with Crippen LogP contribution in [0, 0.1) is 0 Å². The molecule has 4 heteroatoms. The zero-order valence-corrected chi connectivity index (χ0v) is 12.2. The molecule has 4 heavy (non-hydrogen) atoms. The van der Waals surface area contributed by atoms with Crippen molar-refractivity contribution in [2.24, 2.45) is 0 Å². The van der Waals surface area contributed by atoms with Crippen LogP contribution in [0.15, 0.2) is 0 Å². The van der Waals surface area contributed by atoms with Gasteiger partial charge >= 0.3 is 27.2 Å². The Bertz CT molecular complexity index is 8.00. The van der Waals surface area contributed by atoms with Gasteiger partial charge in [-0.3, -0.25) is 0 Å². The minimum absolute atomic E-state index is 0. The second-order valence-corrected chi connectivity index (χ2v) is 0. The van der Waals surface area contributed by atoms with Crippen LogP contribution in [-0.2, 0) is 57.9 Å². The Labute approximate surface area is 80.7 Å². The molecule has 0 aliphatic heterocycles. The fourth-order valence-electron chi connectivity index (χ4n) is 0. The van der Waals surface area contributed by atoms with Crippen LogP contribution in [0.1, 0.15) is 0 Å². The molecule has 0 rings (SSSR count). The molecule has 0 atom stereocenters. The van der Waals surface area contributed by atoms with Gasteiger partial charge in [0.05, 0.1) is 0 Å². The van der Waals surface area contributed by atoms with E-state index < -0.39 is 0 Å². The summed E-state index contributed by atoms with van der Waals surface area (Å²) in [4.78, 5) is 0. The standard InChI is InChI=1S/In.O.Ta.Y.H. The number of hydrogen-bond donors (Lipinski definition) is 0. The van der Waals surface area contributed by atoms with Crippen LogP contribution in [0.5, 0.6) is 0 Å². The minimum Gasteiger partial charge on any atom is 0 e. The molecule has 0 fully saturated rings. The van der Waals surface area contributed by atoms with Gasteiger partial charge in [0.1, 0.15) is 0 Å². The molecule has 0 aliphatic carbocycles. The summed E-state index contributed by atoms with van der Waals surface area (Å²) in [6.45, 7) is 0. The Balaban J connectivity index is -0.00000000500. The van der Waals surface area contributed by atoms with E-state index in [9.17, 15) is 0 Å². The van der Waals surface area contributed by atoms with Crippen molar-refractivity contribution < 1.29 is 57.9 Å². The van der Waals surface area contributed by atoms with Gasteiger partial charge in [-0.15, -0.1) is 0 Å². The van der Waals surface area contributed by atoms with E-state index in [0.717, 1.165) is 0 Å². The normalized spacial score (nSPS) is 0.750. The van der Waals surface area contributed by atoms with Gasteiger partial charge in [0.15, 0.2) is 0 Å². The summed E-state index contributed by atoms with van der Waals surface area (Å²) in [5.41, 5.74) is 0. The van der Waals surface area contributed by atoms with Crippen molar-refractivity contribution in [1.29, 1.82) is 0 Å². The molecule has 0 aromatic carbocycles. The summed E-state index contributed by atoms with van der Waals surface area (Å²) < 4.78 is 8.42. The maximum Gasteiger partial charge on any atom is 0 e. The monoisotopic (exact) mass is 402 g/mol. The zero-order chi connectivity index (χ0) is 2.00. The summed E-state index contributed by atoms with van der Waals surface area (Å²) in [6, 6.07) is 0. The van der Waals surface area contributed by atoms with Crippen LogP contribution < -0.4 is 0 Å². The third kappa shape index (κ3) is 8.82. The smallest absolute Gasteiger partial charge is 0 e. The zero-order valence-electron chi connectivity index (χ0n) is 2.14. The minimum atomic E-state index is -0.1000. The van der Waals surface area contributed by atoms with Gasteiger partial charge in [0.2, 0.25) is 0 Å². The van der Waals surface area contributed by atoms with Crippen molar-refractivity contribution in [1.82, 2.24) is 0 Å². The molecule has 0 amide bonds. The van der Waals surface area contributed by atoms with Gasteiger partial charge in [0, 0.05) is 55.1 Å². The van der Waals surface area contributed by atoms with Crippen LogP contribution in [0.4, 0.5) is 0 Å². The first-order valence-corrected chi connectivity index (χ1v) is 1.94. The molecular formula is HInOTaY. The Morgan fingerprint density at radius 3 is 1.25 bits per heavy atom. The molecular weight excluding hydrogens is 401 g/mol. The van der Waals surface area contributed by atoms with Crippen molar-refractivity contribution in [3.05, 3.63) is 0 Å². The summed E-state index contributed by atoms with van der Waals surface area (Å²) in [6.07, 6.45) is 0. The third-order valence-electron chi connectivity index (χ3n) is 0. The van der Waals surface area contributed by atoms with E-state index in [-0.39, 0.29) is 79.5 Å². The summed E-state index contributed by atoms with van der Waals surface area (Å²) in [5.74, 6) is 0. The largest absolute Gasteiger partial charge is 0 e. The molecule has 0 heterocycles. The van der Waals surface area contributed by atoms with Crippen LogP contribution in [0.2, 0.25) is 0 Å². The maximum atomic E-state index is 8.42. The molecule has 2 radical (unpaired) electrons. The second kappa shape index (κ2) is 17.8. The first kappa shape index (κ1) is 16.0. The van der Waals surface area contributed by atoms with E-state index >= 15 is 0 Å². The molecule has 0 unspecified atom stereocenters. The van der Waals surface area contributed by atoms with Crippen molar-refractivity contribution in [3.8, 4) is 0 Å². The molecule has 18 valence electrons. The Kier molecular flexibility index (Phi) is 71.3. The average molecular weight is 402 g/mol. The quantitative estimate of drug-likeness (QED) is 0.521. The topological polar surface area (TPSA) is 17.1 Å². The third-order valence-corrected chi connectivity index (χ3v) is 0. The van der Waals surface area contributed by atoms with E-state index in [2.05, 4.69) is 0 Å². The maximum absolute atomic E-state index is 8.42. The summed E-state index contributed by atoms with van der Waals surface area (Å²) >= 11 is -0.1000. The van der Waals surface area contributed by atoms with Crippen molar-refractivity contribution in [2.45, 2.75) is 0 Å². The molecule has 1 nitrogen and oxygen atoms in total. The van der Waals surface area contributed by atoms with Gasteiger partial charge in [-0.05, 0) is 0 Å². The van der Waals surface area contributed by atoms with Gasteiger partial charge in [-0.2, -0.15) is 0 Å². The second-order valence-electron chi connectivity index (χ2n) is 0. The average Bonchev–Trinajstić information content (AvgIpc) is 1.00. The molecule has 0 aromatic heterocycles. The van der Waals surface area contributed by atoms with Crippen LogP contribution >= 0.6 is 0 Å². The summed E-state index contributed by atoms with van der Waals surface area (Å²) in [7, 11) is 0. The van der Waals surface area contributed by atoms with Crippen LogP contribution in [0.3, 0.4) is 0 Å². The van der Waals surface area contributed by atoms with Crippen molar-refractivity contribution >= 4 is 24.4 Å². The van der Waals surface area contributed by atoms with Gasteiger partial charge in [-0.25, -0.2) is 0 Å². The van der Waals surface area contributed by atoms with E-state index in [0.29, 0.717) is 0 Å². The van der Waals surface area contributed by atoms with Gasteiger partial charge < -0.3 is 0 Å². The van der Waals surface area contributed by atoms with E-state index in [1.54, 1.807) is 0 Å². The van der Waals surface area contributed by atoms with E-state index in [1.165, 1.54) is 0 Å². The SMILES string of the molecule is [O]=[InH].[Ta].[Y]. The Morgan fingerprint density at radius 1 is 1.25 bits per heavy atom. The number of rotatable bonds is 0. The van der Waals surface area contributed by atoms with Crippen molar-refractivity contribution in [2.75, 3.05) is 0 Å². The van der Waals surface area contributed by atoms with Crippen LogP contribution in [0.25, 0.3) is 0 Å². The van der Waals surface area contributed by atoms with Gasteiger partial charge in [-0.1, -0.05) is 0 Å².